The highest BCUT2D eigenvalue weighted by molar-refractivity contribution is 7.07. The fourth-order valence-corrected chi connectivity index (χ4v) is 5.74. The van der Waals surface area contributed by atoms with Gasteiger partial charge in [0.2, 0.25) is 0 Å². The van der Waals surface area contributed by atoms with Gasteiger partial charge in [0.25, 0.3) is 5.91 Å². The van der Waals surface area contributed by atoms with Gasteiger partial charge in [0.1, 0.15) is 12.1 Å². The van der Waals surface area contributed by atoms with Crippen molar-refractivity contribution in [3.05, 3.63) is 69.9 Å². The fourth-order valence-electron chi connectivity index (χ4n) is 5.08. The Hall–Kier alpha value is -3.18. The van der Waals surface area contributed by atoms with Gasteiger partial charge in [-0.05, 0) is 86.7 Å². The molecule has 0 aliphatic carbocycles. The van der Waals surface area contributed by atoms with Crippen LogP contribution in [0.15, 0.2) is 47.4 Å². The topological polar surface area (TPSA) is 70.6 Å². The maximum atomic E-state index is 12.6. The molecule has 3 aromatic rings. The maximum Gasteiger partial charge on any atom is 0.573 e. The van der Waals surface area contributed by atoms with E-state index in [2.05, 4.69) is 48.2 Å². The van der Waals surface area contributed by atoms with E-state index in [1.165, 1.54) is 24.0 Å². The Balaban J connectivity index is 1.32. The van der Waals surface area contributed by atoms with E-state index in [0.717, 1.165) is 38.0 Å². The van der Waals surface area contributed by atoms with Crippen LogP contribution in [-0.4, -0.2) is 58.9 Å². The van der Waals surface area contributed by atoms with Crippen molar-refractivity contribution in [2.45, 2.75) is 65.0 Å². The van der Waals surface area contributed by atoms with Crippen molar-refractivity contribution in [2.24, 2.45) is 0 Å². The predicted molar refractivity (Wildman–Crippen MR) is 146 cm³/mol. The number of hydrogen-bond acceptors (Lipinski definition) is 7. The average Bonchev–Trinajstić information content (AvgIpc) is 3.40. The third-order valence-electron chi connectivity index (χ3n) is 7.20. The third kappa shape index (κ3) is 7.92. The van der Waals surface area contributed by atoms with E-state index in [9.17, 15) is 18.0 Å². The van der Waals surface area contributed by atoms with Gasteiger partial charge in [-0.2, -0.15) is 11.3 Å². The Bertz CT molecular complexity index is 1190. The molecule has 1 fully saturated rings. The monoisotopic (exact) mass is 561 g/mol. The first-order valence-electron chi connectivity index (χ1n) is 13.0. The average molecular weight is 562 g/mol. The van der Waals surface area contributed by atoms with Gasteiger partial charge in [-0.25, -0.2) is 9.97 Å². The molecule has 1 aliphatic rings. The number of piperidine rings is 1. The largest absolute Gasteiger partial charge is 0.573 e. The number of nitrogens with one attached hydrogen (secondary N) is 1. The molecule has 1 atom stereocenters. The summed E-state index contributed by atoms with van der Waals surface area (Å²) in [6.07, 6.45) is -0.561. The molecule has 0 spiro atoms. The lowest BCUT2D eigenvalue weighted by atomic mass is 9.99. The highest BCUT2D eigenvalue weighted by atomic mass is 32.1. The molecule has 210 valence electrons. The second-order valence-corrected chi connectivity index (χ2v) is 10.7. The maximum absolute atomic E-state index is 12.6. The number of nitrogens with zero attached hydrogens (tertiary/aromatic N) is 4. The second-order valence-electron chi connectivity index (χ2n) is 9.88. The van der Waals surface area contributed by atoms with Crippen molar-refractivity contribution in [1.29, 1.82) is 0 Å². The minimum absolute atomic E-state index is 0.146. The van der Waals surface area contributed by atoms with Crippen LogP contribution in [0.4, 0.5) is 18.9 Å². The van der Waals surface area contributed by atoms with Crippen LogP contribution in [0, 0.1) is 13.8 Å². The van der Waals surface area contributed by atoms with Gasteiger partial charge >= 0.3 is 6.36 Å². The van der Waals surface area contributed by atoms with E-state index in [0.29, 0.717) is 36.1 Å². The number of benzene rings is 1. The number of likely N-dealkylation sites (tertiary alicyclic amines) is 1. The summed E-state index contributed by atoms with van der Waals surface area (Å²) in [5.41, 5.74) is 3.93. The van der Waals surface area contributed by atoms with Crippen LogP contribution >= 0.6 is 11.3 Å². The van der Waals surface area contributed by atoms with Crippen molar-refractivity contribution < 1.29 is 22.7 Å². The molecule has 3 heterocycles. The molecule has 11 heteroatoms. The Kier molecular flexibility index (Phi) is 9.45. The Morgan fingerprint density at radius 1 is 1.15 bits per heavy atom. The Morgan fingerprint density at radius 2 is 1.82 bits per heavy atom. The number of ether oxygens (including phenoxy) is 1. The lowest BCUT2D eigenvalue weighted by molar-refractivity contribution is -0.274. The number of halogens is 3. The first-order chi connectivity index (χ1) is 18.6. The summed E-state index contributed by atoms with van der Waals surface area (Å²) in [6, 6.07) is 8.78. The zero-order valence-electron chi connectivity index (χ0n) is 22.4. The predicted octanol–water partition coefficient (Wildman–Crippen LogP) is 5.73. The molecule has 4 rings (SSSR count). The van der Waals surface area contributed by atoms with Gasteiger partial charge in [0, 0.05) is 44.0 Å². The molecule has 1 N–H and O–H groups in total. The van der Waals surface area contributed by atoms with E-state index in [1.807, 2.05) is 19.2 Å². The van der Waals surface area contributed by atoms with Gasteiger partial charge < -0.3 is 19.9 Å². The minimum Gasteiger partial charge on any atom is -0.406 e. The van der Waals surface area contributed by atoms with Crippen LogP contribution in [0.1, 0.15) is 53.5 Å². The number of carbonyl (C=O) groups is 1. The number of carbonyl (C=O) groups excluding carboxylic acids is 1. The number of aromatic nitrogens is 2. The molecule has 1 aliphatic heterocycles. The van der Waals surface area contributed by atoms with Crippen LogP contribution in [0.5, 0.6) is 5.75 Å². The van der Waals surface area contributed by atoms with Gasteiger partial charge in [0.05, 0.1) is 17.0 Å². The van der Waals surface area contributed by atoms with Crippen LogP contribution < -0.4 is 15.0 Å². The number of rotatable bonds is 10. The first-order valence-corrected chi connectivity index (χ1v) is 14.0. The molecule has 0 radical (unpaired) electrons. The van der Waals surface area contributed by atoms with E-state index in [-0.39, 0.29) is 17.7 Å². The number of hydrogen-bond donors (Lipinski definition) is 1. The van der Waals surface area contributed by atoms with Crippen LogP contribution in [0.3, 0.4) is 0 Å². The molecule has 39 heavy (non-hydrogen) atoms. The normalized spacial score (nSPS) is 15.6. The SMILES string of the molecule is Cc1ncnc(C)c1C(=O)NCC[C@@H](C)N1CCC(N(Cc2ccsc2)c2ccc(OC(F)(F)F)cc2)CC1. The van der Waals surface area contributed by atoms with Gasteiger partial charge in [0.15, 0.2) is 0 Å². The summed E-state index contributed by atoms with van der Waals surface area (Å²) in [5, 5.41) is 7.14. The number of amides is 1. The molecule has 0 bridgehead atoms. The third-order valence-corrected chi connectivity index (χ3v) is 7.93. The molecule has 1 aromatic carbocycles. The molecular weight excluding hydrogens is 527 g/mol. The van der Waals surface area contributed by atoms with E-state index < -0.39 is 6.36 Å². The van der Waals surface area contributed by atoms with E-state index in [1.54, 1.807) is 23.5 Å². The number of anilines is 1. The van der Waals surface area contributed by atoms with Crippen molar-refractivity contribution in [1.82, 2.24) is 20.2 Å². The second kappa shape index (κ2) is 12.8. The quantitative estimate of drug-likeness (QED) is 0.341. The van der Waals surface area contributed by atoms with Crippen LogP contribution in [0.25, 0.3) is 0 Å². The highest BCUT2D eigenvalue weighted by Crippen LogP contribution is 2.30. The number of thiophene rings is 1. The first kappa shape index (κ1) is 28.8. The molecule has 2 aromatic heterocycles. The van der Waals surface area contributed by atoms with Gasteiger partial charge in [-0.3, -0.25) is 4.79 Å². The minimum atomic E-state index is -4.71. The van der Waals surface area contributed by atoms with Crippen molar-refractivity contribution in [3.63, 3.8) is 0 Å². The van der Waals surface area contributed by atoms with Gasteiger partial charge in [-0.1, -0.05) is 0 Å². The lowest BCUT2D eigenvalue weighted by Crippen LogP contribution is -2.48. The van der Waals surface area contributed by atoms with Crippen molar-refractivity contribution >= 4 is 22.9 Å². The Labute approximate surface area is 231 Å². The van der Waals surface area contributed by atoms with E-state index in [4.69, 9.17) is 0 Å². The summed E-state index contributed by atoms with van der Waals surface area (Å²) in [4.78, 5) is 25.6. The van der Waals surface area contributed by atoms with Crippen LogP contribution in [-0.2, 0) is 6.54 Å². The summed E-state index contributed by atoms with van der Waals surface area (Å²) in [5.74, 6) is -0.366. The summed E-state index contributed by atoms with van der Waals surface area (Å²) < 4.78 is 41.9. The standard InChI is InChI=1S/C28H34F3N5O2S/c1-19(8-12-32-27(37)26-20(2)33-18-34-21(26)3)35-13-9-24(10-14-35)36(16-22-11-15-39-17-22)23-4-6-25(7-5-23)38-28(29,30)31/h4-7,11,15,17-19,24H,8-10,12-14,16H2,1-3H3,(H,32,37)/t19-/m1/s1. The molecule has 0 unspecified atom stereocenters. The van der Waals surface area contributed by atoms with E-state index >= 15 is 0 Å². The molecular formula is C28H34F3N5O2S. The molecule has 1 amide bonds. The number of alkyl halides is 3. The molecule has 1 saturated heterocycles. The zero-order valence-corrected chi connectivity index (χ0v) is 23.2. The lowest BCUT2D eigenvalue weighted by Gasteiger charge is -2.42. The summed E-state index contributed by atoms with van der Waals surface area (Å²) in [6.45, 7) is 8.85. The Morgan fingerprint density at radius 3 is 2.41 bits per heavy atom. The highest BCUT2D eigenvalue weighted by Gasteiger charge is 2.31. The van der Waals surface area contributed by atoms with Crippen molar-refractivity contribution in [2.75, 3.05) is 24.5 Å². The smallest absolute Gasteiger partial charge is 0.406 e. The fraction of sp³-hybridized carbons (Fsp3) is 0.464. The molecule has 7 nitrogen and oxygen atoms in total. The number of aryl methyl sites for hydroxylation is 2. The molecule has 0 saturated carbocycles. The summed E-state index contributed by atoms with van der Waals surface area (Å²) in [7, 11) is 0. The van der Waals surface area contributed by atoms with Crippen LogP contribution in [0.2, 0.25) is 0 Å². The summed E-state index contributed by atoms with van der Waals surface area (Å²) >= 11 is 1.63. The zero-order chi connectivity index (χ0) is 28.0. The van der Waals surface area contributed by atoms with Gasteiger partial charge in [-0.15, -0.1) is 13.2 Å². The van der Waals surface area contributed by atoms with Crippen molar-refractivity contribution in [3.8, 4) is 5.75 Å².